The maximum absolute atomic E-state index is 11.8. The maximum Gasteiger partial charge on any atom is 0.220 e. The van der Waals surface area contributed by atoms with Gasteiger partial charge in [0.2, 0.25) is 5.91 Å². The van der Waals surface area contributed by atoms with Gasteiger partial charge in [0.1, 0.15) is 0 Å². The Labute approximate surface area is 104 Å². The molecule has 3 nitrogen and oxygen atoms in total. The van der Waals surface area contributed by atoms with Gasteiger partial charge in [0.05, 0.1) is 0 Å². The fourth-order valence-electron chi connectivity index (χ4n) is 2.76. The van der Waals surface area contributed by atoms with Crippen LogP contribution in [0.5, 0.6) is 0 Å². The van der Waals surface area contributed by atoms with Gasteiger partial charge in [-0.05, 0) is 43.6 Å². The second-order valence-electron chi connectivity index (χ2n) is 5.84. The molecule has 2 unspecified atom stereocenters. The molecule has 17 heavy (non-hydrogen) atoms. The highest BCUT2D eigenvalue weighted by atomic mass is 16.1. The van der Waals surface area contributed by atoms with E-state index in [-0.39, 0.29) is 11.3 Å². The SMILES string of the molecule is CC1(CNC(=O)CC2C=CCC2)CCCNC1. The Balaban J connectivity index is 1.69. The molecule has 1 heterocycles. The van der Waals surface area contributed by atoms with Crippen LogP contribution in [0.15, 0.2) is 12.2 Å². The summed E-state index contributed by atoms with van der Waals surface area (Å²) in [4.78, 5) is 11.8. The maximum atomic E-state index is 11.8. The topological polar surface area (TPSA) is 41.1 Å². The first-order valence-electron chi connectivity index (χ1n) is 6.82. The Bertz CT molecular complexity index is 293. The summed E-state index contributed by atoms with van der Waals surface area (Å²) in [6.07, 6.45) is 9.75. The summed E-state index contributed by atoms with van der Waals surface area (Å²) in [6, 6.07) is 0. The largest absolute Gasteiger partial charge is 0.355 e. The molecule has 96 valence electrons. The first-order chi connectivity index (χ1) is 8.18. The van der Waals surface area contributed by atoms with Crippen molar-refractivity contribution in [2.45, 2.75) is 39.0 Å². The smallest absolute Gasteiger partial charge is 0.220 e. The van der Waals surface area contributed by atoms with E-state index >= 15 is 0 Å². The van der Waals surface area contributed by atoms with Gasteiger partial charge >= 0.3 is 0 Å². The zero-order valence-electron chi connectivity index (χ0n) is 10.8. The van der Waals surface area contributed by atoms with E-state index in [2.05, 4.69) is 29.7 Å². The molecule has 0 radical (unpaired) electrons. The summed E-state index contributed by atoms with van der Waals surface area (Å²) in [5.41, 5.74) is 0.249. The van der Waals surface area contributed by atoms with Gasteiger partial charge in [-0.15, -0.1) is 0 Å². The lowest BCUT2D eigenvalue weighted by Gasteiger charge is -2.34. The lowest BCUT2D eigenvalue weighted by molar-refractivity contribution is -0.122. The lowest BCUT2D eigenvalue weighted by Crippen LogP contribution is -2.45. The van der Waals surface area contributed by atoms with Crippen LogP contribution in [0.2, 0.25) is 0 Å². The molecule has 0 bridgehead atoms. The van der Waals surface area contributed by atoms with Crippen molar-refractivity contribution in [3.63, 3.8) is 0 Å². The van der Waals surface area contributed by atoms with Gasteiger partial charge in [0.25, 0.3) is 0 Å². The zero-order valence-corrected chi connectivity index (χ0v) is 10.8. The van der Waals surface area contributed by atoms with Crippen molar-refractivity contribution in [1.29, 1.82) is 0 Å². The predicted octanol–water partition coefficient (Wildman–Crippen LogP) is 1.85. The molecule has 2 aliphatic rings. The van der Waals surface area contributed by atoms with E-state index < -0.39 is 0 Å². The summed E-state index contributed by atoms with van der Waals surface area (Å²) in [6.45, 7) is 5.22. The van der Waals surface area contributed by atoms with Crippen LogP contribution in [-0.4, -0.2) is 25.5 Å². The third-order valence-corrected chi connectivity index (χ3v) is 3.96. The van der Waals surface area contributed by atoms with Crippen LogP contribution in [0, 0.1) is 11.3 Å². The summed E-state index contributed by atoms with van der Waals surface area (Å²) < 4.78 is 0. The average molecular weight is 236 g/mol. The van der Waals surface area contributed by atoms with Gasteiger partial charge in [-0.3, -0.25) is 4.79 Å². The molecule has 0 aromatic heterocycles. The van der Waals surface area contributed by atoms with E-state index in [1.54, 1.807) is 0 Å². The molecule has 2 N–H and O–H groups in total. The first-order valence-corrected chi connectivity index (χ1v) is 6.82. The van der Waals surface area contributed by atoms with Gasteiger partial charge in [-0.25, -0.2) is 0 Å². The Morgan fingerprint density at radius 1 is 1.59 bits per heavy atom. The molecule has 1 aliphatic carbocycles. The number of piperidine rings is 1. The second kappa shape index (κ2) is 5.67. The molecule has 1 fully saturated rings. The van der Waals surface area contributed by atoms with E-state index in [1.807, 2.05) is 0 Å². The molecule has 3 heteroatoms. The normalized spacial score (nSPS) is 32.6. The van der Waals surface area contributed by atoms with Crippen LogP contribution in [0.3, 0.4) is 0 Å². The van der Waals surface area contributed by atoms with Gasteiger partial charge in [-0.1, -0.05) is 19.1 Å². The predicted molar refractivity (Wildman–Crippen MR) is 69.7 cm³/mol. The zero-order chi connectivity index (χ0) is 12.1. The van der Waals surface area contributed by atoms with Crippen molar-refractivity contribution >= 4 is 5.91 Å². The van der Waals surface area contributed by atoms with Gasteiger partial charge < -0.3 is 10.6 Å². The molecule has 1 saturated heterocycles. The molecular formula is C14H24N2O. The highest BCUT2D eigenvalue weighted by Crippen LogP contribution is 2.24. The summed E-state index contributed by atoms with van der Waals surface area (Å²) in [5.74, 6) is 0.695. The number of carbonyl (C=O) groups is 1. The number of carbonyl (C=O) groups excluding carboxylic acids is 1. The number of allylic oxidation sites excluding steroid dienone is 2. The summed E-state index contributed by atoms with van der Waals surface area (Å²) in [7, 11) is 0. The van der Waals surface area contributed by atoms with Crippen molar-refractivity contribution in [1.82, 2.24) is 10.6 Å². The molecule has 0 aromatic carbocycles. The summed E-state index contributed by atoms with van der Waals surface area (Å²) in [5, 5.41) is 6.52. The van der Waals surface area contributed by atoms with Gasteiger partial charge in [0, 0.05) is 19.5 Å². The Hall–Kier alpha value is -0.830. The minimum atomic E-state index is 0.216. The van der Waals surface area contributed by atoms with Gasteiger partial charge in [0.15, 0.2) is 0 Å². The van der Waals surface area contributed by atoms with Crippen LogP contribution in [0.1, 0.15) is 39.0 Å². The Kier molecular flexibility index (Phi) is 4.21. The molecule has 1 amide bonds. The van der Waals surface area contributed by atoms with Crippen molar-refractivity contribution in [2.75, 3.05) is 19.6 Å². The monoisotopic (exact) mass is 236 g/mol. The average Bonchev–Trinajstić information content (AvgIpc) is 2.80. The van der Waals surface area contributed by atoms with Crippen molar-refractivity contribution in [3.8, 4) is 0 Å². The molecular weight excluding hydrogens is 212 g/mol. The van der Waals surface area contributed by atoms with E-state index in [0.29, 0.717) is 12.3 Å². The van der Waals surface area contributed by atoms with Crippen LogP contribution in [-0.2, 0) is 4.79 Å². The van der Waals surface area contributed by atoms with E-state index in [0.717, 1.165) is 32.5 Å². The fraction of sp³-hybridized carbons (Fsp3) is 0.786. The van der Waals surface area contributed by atoms with Crippen molar-refractivity contribution < 1.29 is 4.79 Å². The standard InChI is InChI=1S/C14H24N2O/c1-14(7-4-8-15-10-14)11-16-13(17)9-12-5-2-3-6-12/h2,5,12,15H,3-4,6-11H2,1H3,(H,16,17). The molecule has 0 saturated carbocycles. The highest BCUT2D eigenvalue weighted by molar-refractivity contribution is 5.76. The van der Waals surface area contributed by atoms with Crippen LogP contribution in [0.25, 0.3) is 0 Å². The number of rotatable bonds is 4. The molecule has 1 aliphatic heterocycles. The first kappa shape index (κ1) is 12.6. The summed E-state index contributed by atoms with van der Waals surface area (Å²) >= 11 is 0. The van der Waals surface area contributed by atoms with E-state index in [9.17, 15) is 4.79 Å². The number of hydrogen-bond acceptors (Lipinski definition) is 2. The van der Waals surface area contributed by atoms with Crippen molar-refractivity contribution in [2.24, 2.45) is 11.3 Å². The van der Waals surface area contributed by atoms with Crippen LogP contribution >= 0.6 is 0 Å². The number of hydrogen-bond donors (Lipinski definition) is 2. The fourth-order valence-corrected chi connectivity index (χ4v) is 2.76. The van der Waals surface area contributed by atoms with Crippen LogP contribution < -0.4 is 10.6 Å². The quantitative estimate of drug-likeness (QED) is 0.731. The second-order valence-corrected chi connectivity index (χ2v) is 5.84. The third-order valence-electron chi connectivity index (χ3n) is 3.96. The lowest BCUT2D eigenvalue weighted by atomic mass is 9.83. The number of amides is 1. The molecule has 0 aromatic rings. The molecule has 2 atom stereocenters. The Morgan fingerprint density at radius 3 is 3.12 bits per heavy atom. The van der Waals surface area contributed by atoms with Gasteiger partial charge in [-0.2, -0.15) is 0 Å². The molecule has 2 rings (SSSR count). The van der Waals surface area contributed by atoms with Crippen molar-refractivity contribution in [3.05, 3.63) is 12.2 Å². The minimum Gasteiger partial charge on any atom is -0.355 e. The third kappa shape index (κ3) is 3.84. The number of nitrogens with one attached hydrogen (secondary N) is 2. The van der Waals surface area contributed by atoms with Crippen LogP contribution in [0.4, 0.5) is 0 Å². The highest BCUT2D eigenvalue weighted by Gasteiger charge is 2.27. The minimum absolute atomic E-state index is 0.216. The van der Waals surface area contributed by atoms with E-state index in [1.165, 1.54) is 12.8 Å². The van der Waals surface area contributed by atoms with E-state index in [4.69, 9.17) is 0 Å². The molecule has 0 spiro atoms. The Morgan fingerprint density at radius 2 is 2.47 bits per heavy atom.